The Kier molecular flexibility index (Phi) is 7.79. The molecule has 6 N–H and O–H groups in total. The number of carbonyl (C=O) groups is 2. The van der Waals surface area contributed by atoms with E-state index < -0.39 is 22.8 Å². The van der Waals surface area contributed by atoms with Crippen molar-refractivity contribution in [1.29, 1.82) is 0 Å². The molecule has 44 heavy (non-hydrogen) atoms. The van der Waals surface area contributed by atoms with Gasteiger partial charge in [0.05, 0.1) is 36.8 Å². The number of ether oxygens (including phenoxy) is 2. The van der Waals surface area contributed by atoms with Crippen LogP contribution in [-0.2, 0) is 15.8 Å². The second-order valence-corrected chi connectivity index (χ2v) is 12.3. The highest BCUT2D eigenvalue weighted by Gasteiger charge is 2.46. The summed E-state index contributed by atoms with van der Waals surface area (Å²) in [5, 5.41) is 15.4. The molecule has 0 saturated heterocycles. The van der Waals surface area contributed by atoms with Gasteiger partial charge in [-0.3, -0.25) is 19.6 Å². The van der Waals surface area contributed by atoms with Gasteiger partial charge in [-0.25, -0.2) is 0 Å². The number of fused-ring (bicyclic) bond motifs is 1. The molecule has 10 heteroatoms. The van der Waals surface area contributed by atoms with E-state index in [2.05, 4.69) is 10.3 Å². The monoisotopic (exact) mass is 597 g/mol. The Hall–Kier alpha value is -4.44. The van der Waals surface area contributed by atoms with E-state index in [0.717, 1.165) is 44.2 Å². The minimum Gasteiger partial charge on any atom is -0.495 e. The third kappa shape index (κ3) is 5.38. The summed E-state index contributed by atoms with van der Waals surface area (Å²) in [7, 11) is 1.49. The van der Waals surface area contributed by atoms with E-state index >= 15 is 0 Å². The van der Waals surface area contributed by atoms with E-state index in [9.17, 15) is 14.7 Å². The lowest BCUT2D eigenvalue weighted by atomic mass is 9.80. The van der Waals surface area contributed by atoms with E-state index in [1.165, 1.54) is 7.11 Å². The smallest absolute Gasteiger partial charge is 0.251 e. The number of rotatable bonds is 10. The third-order valence-corrected chi connectivity index (χ3v) is 9.19. The number of amides is 2. The lowest BCUT2D eigenvalue weighted by Gasteiger charge is -2.31. The van der Waals surface area contributed by atoms with Gasteiger partial charge in [-0.1, -0.05) is 43.2 Å². The van der Waals surface area contributed by atoms with E-state index in [-0.39, 0.29) is 25.1 Å². The van der Waals surface area contributed by atoms with Crippen molar-refractivity contribution in [2.45, 2.75) is 68.4 Å². The van der Waals surface area contributed by atoms with Gasteiger partial charge >= 0.3 is 0 Å². The van der Waals surface area contributed by atoms with Crippen molar-refractivity contribution in [3.63, 3.8) is 0 Å². The first-order valence-electron chi connectivity index (χ1n) is 15.2. The SMILES string of the molecule is COc1cc(C(=O)NC[C@@](O)(c2ccccc2)c2cc3c(c(C4CCCC4)n2)OC[C@]3(C)C(N)=O)cc(C=NC2CC2)c1N. The number of carbonyl (C=O) groups excluding carboxylic acids is 2. The zero-order valence-corrected chi connectivity index (χ0v) is 25.1. The molecule has 1 aromatic heterocycles. The summed E-state index contributed by atoms with van der Waals surface area (Å²) in [5.41, 5.74) is 12.8. The molecule has 3 aliphatic rings. The number of methoxy groups -OCH3 is 1. The molecule has 0 spiro atoms. The van der Waals surface area contributed by atoms with E-state index in [0.29, 0.717) is 45.1 Å². The summed E-state index contributed by atoms with van der Waals surface area (Å²) >= 11 is 0. The van der Waals surface area contributed by atoms with Crippen LogP contribution in [0.15, 0.2) is 53.5 Å². The molecule has 2 atom stereocenters. The molecule has 10 nitrogen and oxygen atoms in total. The van der Waals surface area contributed by atoms with Crippen molar-refractivity contribution < 1.29 is 24.2 Å². The topological polar surface area (TPSA) is 162 Å². The molecule has 0 unspecified atom stereocenters. The van der Waals surface area contributed by atoms with Crippen molar-refractivity contribution in [3.8, 4) is 11.5 Å². The zero-order valence-electron chi connectivity index (χ0n) is 25.1. The highest BCUT2D eigenvalue weighted by atomic mass is 16.5. The van der Waals surface area contributed by atoms with Crippen LogP contribution in [0.1, 0.15) is 89.8 Å². The van der Waals surface area contributed by atoms with Crippen LogP contribution in [0.2, 0.25) is 0 Å². The summed E-state index contributed by atoms with van der Waals surface area (Å²) < 4.78 is 11.5. The number of anilines is 1. The Morgan fingerprint density at radius 2 is 1.91 bits per heavy atom. The number of hydrogen-bond donors (Lipinski definition) is 4. The van der Waals surface area contributed by atoms with Crippen molar-refractivity contribution in [1.82, 2.24) is 10.3 Å². The summed E-state index contributed by atoms with van der Waals surface area (Å²) in [6.45, 7) is 1.66. The number of aliphatic hydroxyl groups is 1. The summed E-state index contributed by atoms with van der Waals surface area (Å²) in [5.74, 6) is 0.129. The lowest BCUT2D eigenvalue weighted by molar-refractivity contribution is -0.123. The van der Waals surface area contributed by atoms with Crippen molar-refractivity contribution >= 4 is 23.7 Å². The predicted octanol–water partition coefficient (Wildman–Crippen LogP) is 3.71. The first kappa shape index (κ1) is 29.6. The maximum atomic E-state index is 13.6. The van der Waals surface area contributed by atoms with Gasteiger partial charge in [0, 0.05) is 28.8 Å². The van der Waals surface area contributed by atoms with Crippen LogP contribution in [0.4, 0.5) is 5.69 Å². The third-order valence-electron chi connectivity index (χ3n) is 9.19. The molecule has 230 valence electrons. The normalized spacial score (nSPS) is 21.1. The molecule has 2 aromatic carbocycles. The second kappa shape index (κ2) is 11.6. The van der Waals surface area contributed by atoms with E-state index in [1.807, 2.05) is 18.2 Å². The van der Waals surface area contributed by atoms with Gasteiger partial charge in [0.1, 0.15) is 29.1 Å². The quantitative estimate of drug-likeness (QED) is 0.205. The van der Waals surface area contributed by atoms with Gasteiger partial charge < -0.3 is 31.4 Å². The van der Waals surface area contributed by atoms with Crippen molar-refractivity contribution in [3.05, 3.63) is 82.2 Å². The van der Waals surface area contributed by atoms with E-state index in [1.54, 1.807) is 43.5 Å². The van der Waals surface area contributed by atoms with Gasteiger partial charge in [-0.15, -0.1) is 0 Å². The molecule has 6 rings (SSSR count). The minimum absolute atomic E-state index is 0.106. The Morgan fingerprint density at radius 3 is 2.57 bits per heavy atom. The molecule has 2 saturated carbocycles. The van der Waals surface area contributed by atoms with Crippen LogP contribution in [-0.4, -0.2) is 54.4 Å². The zero-order chi connectivity index (χ0) is 31.1. The van der Waals surface area contributed by atoms with Crippen LogP contribution < -0.4 is 26.3 Å². The van der Waals surface area contributed by atoms with Crippen LogP contribution in [0.25, 0.3) is 0 Å². The maximum absolute atomic E-state index is 13.6. The Balaban J connectivity index is 1.39. The van der Waals surface area contributed by atoms with E-state index in [4.69, 9.17) is 25.9 Å². The summed E-state index contributed by atoms with van der Waals surface area (Å²) in [6.07, 6.45) is 7.76. The Bertz CT molecular complexity index is 1620. The molecule has 0 radical (unpaired) electrons. The van der Waals surface area contributed by atoms with Crippen LogP contribution in [0, 0.1) is 0 Å². The summed E-state index contributed by atoms with van der Waals surface area (Å²) in [6, 6.07) is 14.3. The van der Waals surface area contributed by atoms with Crippen LogP contribution in [0.3, 0.4) is 0 Å². The average molecular weight is 598 g/mol. The minimum atomic E-state index is -1.74. The molecular formula is C34H39N5O5. The number of benzene rings is 2. The fraction of sp³-hybridized carbons (Fsp3) is 0.412. The molecule has 2 aliphatic carbocycles. The number of nitrogens with one attached hydrogen (secondary N) is 1. The van der Waals surface area contributed by atoms with Gasteiger partial charge in [-0.05, 0) is 56.4 Å². The van der Waals surface area contributed by atoms with Gasteiger partial charge in [-0.2, -0.15) is 0 Å². The number of nitrogens with zero attached hydrogens (tertiary/aromatic N) is 2. The number of nitrogens with two attached hydrogens (primary N) is 2. The lowest BCUT2D eigenvalue weighted by Crippen LogP contribution is -2.43. The summed E-state index contributed by atoms with van der Waals surface area (Å²) in [4.78, 5) is 35.8. The molecule has 3 aromatic rings. The van der Waals surface area contributed by atoms with Crippen LogP contribution in [0.5, 0.6) is 11.5 Å². The molecule has 1 aliphatic heterocycles. The molecule has 0 bridgehead atoms. The number of nitrogen functional groups attached to an aromatic ring is 1. The standard InChI is InChI=1S/C34H39N5O5/c1-33(32(36)41)19-44-30-25(33)16-27(39-29(30)20-8-6-7-9-20)34(42,23-10-4-3-5-11-23)18-38-31(40)21-14-22(17-37-24-12-13-24)28(35)26(15-21)43-2/h3-5,10-11,14-17,20,24,42H,6-9,12-13,18-19,35H2,1-2H3,(H2,36,41)(H,38,40)/t33-,34+/m0/s1. The number of primary amides is 1. The first-order chi connectivity index (χ1) is 21.1. The molecule has 2 heterocycles. The molecule has 2 amide bonds. The van der Waals surface area contributed by atoms with Crippen LogP contribution >= 0.6 is 0 Å². The second-order valence-electron chi connectivity index (χ2n) is 12.3. The fourth-order valence-electron chi connectivity index (χ4n) is 6.13. The highest BCUT2D eigenvalue weighted by molar-refractivity contribution is 5.99. The Labute approximate surface area is 256 Å². The first-order valence-corrected chi connectivity index (χ1v) is 15.2. The molecular weight excluding hydrogens is 558 g/mol. The predicted molar refractivity (Wildman–Crippen MR) is 167 cm³/mol. The van der Waals surface area contributed by atoms with Crippen molar-refractivity contribution in [2.75, 3.05) is 26.0 Å². The molecule has 2 fully saturated rings. The highest BCUT2D eigenvalue weighted by Crippen LogP contribution is 2.48. The van der Waals surface area contributed by atoms with Gasteiger partial charge in [0.25, 0.3) is 5.91 Å². The largest absolute Gasteiger partial charge is 0.495 e. The maximum Gasteiger partial charge on any atom is 0.251 e. The average Bonchev–Trinajstić information content (AvgIpc) is 3.57. The number of aromatic nitrogens is 1. The number of pyridine rings is 1. The number of hydrogen-bond acceptors (Lipinski definition) is 8. The number of aliphatic imine (C=N–C) groups is 1. The van der Waals surface area contributed by atoms with Crippen molar-refractivity contribution in [2.24, 2.45) is 10.7 Å². The van der Waals surface area contributed by atoms with Gasteiger partial charge in [0.2, 0.25) is 5.91 Å². The fourth-order valence-corrected chi connectivity index (χ4v) is 6.13. The Morgan fingerprint density at radius 1 is 1.18 bits per heavy atom. The van der Waals surface area contributed by atoms with Gasteiger partial charge in [0.15, 0.2) is 0 Å².